The van der Waals surface area contributed by atoms with Gasteiger partial charge in [-0.1, -0.05) is 30.8 Å². The number of anilines is 1. The minimum absolute atomic E-state index is 0.159. The Morgan fingerprint density at radius 2 is 2.08 bits per heavy atom. The summed E-state index contributed by atoms with van der Waals surface area (Å²) in [5.41, 5.74) is 2.50. The number of aromatic nitrogens is 3. The number of amides is 1. The lowest BCUT2D eigenvalue weighted by Crippen LogP contribution is -2.49. The molecule has 0 spiro atoms. The van der Waals surface area contributed by atoms with Crippen LogP contribution in [0.1, 0.15) is 18.3 Å². The molecule has 3 rings (SSSR count). The Balaban J connectivity index is 1.48. The van der Waals surface area contributed by atoms with Crippen LogP contribution in [0, 0.1) is 6.92 Å². The first kappa shape index (κ1) is 16.8. The predicted molar refractivity (Wildman–Crippen MR) is 96.5 cm³/mol. The van der Waals surface area contributed by atoms with Gasteiger partial charge >= 0.3 is 0 Å². The molecule has 0 bridgehead atoms. The van der Waals surface area contributed by atoms with Crippen molar-refractivity contribution in [1.82, 2.24) is 20.1 Å². The van der Waals surface area contributed by atoms with E-state index in [0.717, 1.165) is 38.4 Å². The smallest absolute Gasteiger partial charge is 0.233 e. The highest BCUT2D eigenvalue weighted by Gasteiger charge is 2.21. The Kier molecular flexibility index (Phi) is 5.40. The molecule has 0 unspecified atom stereocenters. The average molecular weight is 345 g/mol. The standard InChI is InChI=1S/C17H23N5OS/c1-3-15-18-17(20-19-15)24-12-16(23)22-9-7-21(8-10-22)14-6-4-5-13(2)11-14/h4-6,11H,3,7-10,12H2,1-2H3,(H,18,19,20). The zero-order valence-electron chi connectivity index (χ0n) is 14.2. The number of rotatable bonds is 5. The number of nitrogens with zero attached hydrogens (tertiary/aromatic N) is 4. The third-order valence-electron chi connectivity index (χ3n) is 4.17. The molecule has 7 heteroatoms. The monoisotopic (exact) mass is 345 g/mol. The van der Waals surface area contributed by atoms with E-state index in [0.29, 0.717) is 10.9 Å². The topological polar surface area (TPSA) is 65.1 Å². The Hall–Kier alpha value is -2.02. The van der Waals surface area contributed by atoms with Gasteiger partial charge in [0, 0.05) is 38.3 Å². The molecule has 1 fully saturated rings. The third kappa shape index (κ3) is 4.08. The third-order valence-corrected chi connectivity index (χ3v) is 5.00. The van der Waals surface area contributed by atoms with Gasteiger partial charge in [-0.05, 0) is 24.6 Å². The molecule has 0 aliphatic carbocycles. The minimum Gasteiger partial charge on any atom is -0.368 e. The molecule has 6 nitrogen and oxygen atoms in total. The van der Waals surface area contributed by atoms with E-state index >= 15 is 0 Å². The molecule has 1 aliphatic heterocycles. The van der Waals surface area contributed by atoms with Crippen molar-refractivity contribution in [1.29, 1.82) is 0 Å². The number of benzene rings is 1. The molecule has 1 aromatic carbocycles. The maximum Gasteiger partial charge on any atom is 0.233 e. The van der Waals surface area contributed by atoms with E-state index in [2.05, 4.69) is 51.3 Å². The summed E-state index contributed by atoms with van der Waals surface area (Å²) in [5.74, 6) is 1.41. The van der Waals surface area contributed by atoms with E-state index in [1.165, 1.54) is 23.0 Å². The van der Waals surface area contributed by atoms with Crippen molar-refractivity contribution < 1.29 is 4.79 Å². The van der Waals surface area contributed by atoms with Crippen molar-refractivity contribution in [3.8, 4) is 0 Å². The number of carbonyl (C=O) groups excluding carboxylic acids is 1. The van der Waals surface area contributed by atoms with Crippen molar-refractivity contribution >= 4 is 23.4 Å². The zero-order chi connectivity index (χ0) is 16.9. The van der Waals surface area contributed by atoms with Crippen LogP contribution in [0.15, 0.2) is 29.4 Å². The van der Waals surface area contributed by atoms with Gasteiger partial charge in [0.05, 0.1) is 5.75 Å². The first-order valence-corrected chi connectivity index (χ1v) is 9.27. The normalized spacial score (nSPS) is 14.9. The molecule has 0 atom stereocenters. The SMILES string of the molecule is CCc1nc(SCC(=O)N2CCN(c3cccc(C)c3)CC2)n[nH]1. The number of thioether (sulfide) groups is 1. The fourth-order valence-electron chi connectivity index (χ4n) is 2.76. The summed E-state index contributed by atoms with van der Waals surface area (Å²) in [6.07, 6.45) is 0.822. The molecule has 2 heterocycles. The molecule has 0 radical (unpaired) electrons. The van der Waals surface area contributed by atoms with E-state index in [-0.39, 0.29) is 5.91 Å². The predicted octanol–water partition coefficient (Wildman–Crippen LogP) is 2.12. The number of piperazine rings is 1. The van der Waals surface area contributed by atoms with Gasteiger partial charge in [-0.3, -0.25) is 9.89 Å². The molecule has 0 saturated carbocycles. The number of aryl methyl sites for hydroxylation is 2. The van der Waals surface area contributed by atoms with E-state index in [9.17, 15) is 4.79 Å². The fourth-order valence-corrected chi connectivity index (χ4v) is 3.48. The Bertz CT molecular complexity index is 694. The zero-order valence-corrected chi connectivity index (χ0v) is 15.0. The molecule has 1 aromatic heterocycles. The second kappa shape index (κ2) is 7.70. The highest BCUT2D eigenvalue weighted by Crippen LogP contribution is 2.19. The van der Waals surface area contributed by atoms with E-state index < -0.39 is 0 Å². The van der Waals surface area contributed by atoms with Crippen LogP contribution in [0.2, 0.25) is 0 Å². The lowest BCUT2D eigenvalue weighted by atomic mass is 10.2. The van der Waals surface area contributed by atoms with Crippen LogP contribution < -0.4 is 4.90 Å². The van der Waals surface area contributed by atoms with Crippen LogP contribution in [-0.4, -0.2) is 57.9 Å². The fraction of sp³-hybridized carbons (Fsp3) is 0.471. The molecular formula is C17H23N5OS. The molecule has 2 aromatic rings. The first-order valence-electron chi connectivity index (χ1n) is 8.29. The summed E-state index contributed by atoms with van der Waals surface area (Å²) in [6, 6.07) is 8.52. The van der Waals surface area contributed by atoms with Crippen LogP contribution >= 0.6 is 11.8 Å². The van der Waals surface area contributed by atoms with Crippen LogP contribution in [0.5, 0.6) is 0 Å². The summed E-state index contributed by atoms with van der Waals surface area (Å²) in [7, 11) is 0. The van der Waals surface area contributed by atoms with Crippen LogP contribution in [0.25, 0.3) is 0 Å². The average Bonchev–Trinajstić information content (AvgIpc) is 3.08. The molecule has 24 heavy (non-hydrogen) atoms. The summed E-state index contributed by atoms with van der Waals surface area (Å²) in [5, 5.41) is 7.64. The molecule has 1 N–H and O–H groups in total. The molecule has 1 amide bonds. The Labute approximate surface area is 146 Å². The van der Waals surface area contributed by atoms with Gasteiger partial charge in [-0.25, -0.2) is 4.98 Å². The van der Waals surface area contributed by atoms with Crippen molar-refractivity contribution in [3.05, 3.63) is 35.7 Å². The summed E-state index contributed by atoms with van der Waals surface area (Å²) < 4.78 is 0. The maximum atomic E-state index is 12.4. The van der Waals surface area contributed by atoms with E-state index in [1.54, 1.807) is 0 Å². The van der Waals surface area contributed by atoms with Crippen molar-refractivity contribution in [2.24, 2.45) is 0 Å². The van der Waals surface area contributed by atoms with Gasteiger partial charge in [0.15, 0.2) is 0 Å². The Morgan fingerprint density at radius 1 is 1.29 bits per heavy atom. The summed E-state index contributed by atoms with van der Waals surface area (Å²) in [6.45, 7) is 7.41. The lowest BCUT2D eigenvalue weighted by Gasteiger charge is -2.36. The number of H-pyrrole nitrogens is 1. The summed E-state index contributed by atoms with van der Waals surface area (Å²) in [4.78, 5) is 21.0. The van der Waals surface area contributed by atoms with E-state index in [4.69, 9.17) is 0 Å². The van der Waals surface area contributed by atoms with Gasteiger partial charge < -0.3 is 9.80 Å². The van der Waals surface area contributed by atoms with Crippen molar-refractivity contribution in [2.45, 2.75) is 25.4 Å². The van der Waals surface area contributed by atoms with Crippen molar-refractivity contribution in [2.75, 3.05) is 36.8 Å². The van der Waals surface area contributed by atoms with Gasteiger partial charge in [-0.2, -0.15) is 0 Å². The molecule has 128 valence electrons. The van der Waals surface area contributed by atoms with Gasteiger partial charge in [0.1, 0.15) is 5.82 Å². The highest BCUT2D eigenvalue weighted by molar-refractivity contribution is 7.99. The number of aromatic amines is 1. The second-order valence-corrected chi connectivity index (χ2v) is 6.86. The quantitative estimate of drug-likeness (QED) is 0.841. The van der Waals surface area contributed by atoms with Gasteiger partial charge in [-0.15, -0.1) is 5.10 Å². The van der Waals surface area contributed by atoms with Gasteiger partial charge in [0.2, 0.25) is 11.1 Å². The van der Waals surface area contributed by atoms with Gasteiger partial charge in [0.25, 0.3) is 0 Å². The van der Waals surface area contributed by atoms with Crippen LogP contribution in [-0.2, 0) is 11.2 Å². The largest absolute Gasteiger partial charge is 0.368 e. The van der Waals surface area contributed by atoms with Crippen LogP contribution in [0.3, 0.4) is 0 Å². The Morgan fingerprint density at radius 3 is 2.75 bits per heavy atom. The highest BCUT2D eigenvalue weighted by atomic mass is 32.2. The second-order valence-electron chi connectivity index (χ2n) is 5.91. The van der Waals surface area contributed by atoms with Crippen molar-refractivity contribution in [3.63, 3.8) is 0 Å². The maximum absolute atomic E-state index is 12.4. The number of nitrogens with one attached hydrogen (secondary N) is 1. The number of hydrogen-bond acceptors (Lipinski definition) is 5. The molecule has 1 aliphatic rings. The molecule has 1 saturated heterocycles. The number of carbonyl (C=O) groups is 1. The number of hydrogen-bond donors (Lipinski definition) is 1. The van der Waals surface area contributed by atoms with Crippen LogP contribution in [0.4, 0.5) is 5.69 Å². The summed E-state index contributed by atoms with van der Waals surface area (Å²) >= 11 is 1.40. The lowest BCUT2D eigenvalue weighted by molar-refractivity contribution is -0.128. The minimum atomic E-state index is 0.159. The van der Waals surface area contributed by atoms with E-state index in [1.807, 2.05) is 11.8 Å². The molecular weight excluding hydrogens is 322 g/mol. The first-order chi connectivity index (χ1) is 11.7.